The first kappa shape index (κ1) is 18.6. The van der Waals surface area contributed by atoms with Crippen molar-refractivity contribution in [2.24, 2.45) is 0 Å². The van der Waals surface area contributed by atoms with E-state index in [1.165, 1.54) is 38.9 Å². The van der Waals surface area contributed by atoms with Gasteiger partial charge in [-0.15, -0.1) is 34.4 Å². The maximum absolute atomic E-state index is 12.4. The number of hydrogen-bond acceptors (Lipinski definition) is 7. The number of nitrogens with zero attached hydrogens (tertiary/aromatic N) is 2. The highest BCUT2D eigenvalue weighted by Crippen LogP contribution is 2.33. The SMILES string of the molecule is CSc1ccc(C(=O)Nc2nc(-c3cc(C)sc3C)cs2)cc1[N+](=O)[O-]. The predicted molar refractivity (Wildman–Crippen MR) is 108 cm³/mol. The van der Waals surface area contributed by atoms with Gasteiger partial charge < -0.3 is 0 Å². The number of anilines is 1. The number of carbonyl (C=O) groups excluding carboxylic acids is 1. The van der Waals surface area contributed by atoms with Gasteiger partial charge in [-0.05, 0) is 38.3 Å². The van der Waals surface area contributed by atoms with Crippen LogP contribution in [0.4, 0.5) is 10.8 Å². The van der Waals surface area contributed by atoms with E-state index in [9.17, 15) is 14.9 Å². The zero-order valence-electron chi connectivity index (χ0n) is 14.2. The lowest BCUT2D eigenvalue weighted by Gasteiger charge is -2.04. The summed E-state index contributed by atoms with van der Waals surface area (Å²) in [7, 11) is 0. The van der Waals surface area contributed by atoms with E-state index in [-0.39, 0.29) is 11.3 Å². The van der Waals surface area contributed by atoms with Crippen LogP contribution in [0.2, 0.25) is 0 Å². The summed E-state index contributed by atoms with van der Waals surface area (Å²) in [5.41, 5.74) is 2.03. The normalized spacial score (nSPS) is 10.7. The molecule has 0 aliphatic heterocycles. The predicted octanol–water partition coefficient (Wildman–Crippen LogP) is 5.37. The summed E-state index contributed by atoms with van der Waals surface area (Å²) in [5.74, 6) is -0.417. The summed E-state index contributed by atoms with van der Waals surface area (Å²) in [6, 6.07) is 6.53. The number of rotatable bonds is 5. The second-order valence-corrected chi connectivity index (χ2v) is 8.63. The third-order valence-electron chi connectivity index (χ3n) is 3.68. The van der Waals surface area contributed by atoms with Gasteiger partial charge in [0.15, 0.2) is 5.13 Å². The first-order valence-corrected chi connectivity index (χ1v) is 10.5. The highest BCUT2D eigenvalue weighted by atomic mass is 32.2. The first-order valence-electron chi connectivity index (χ1n) is 7.55. The molecule has 0 atom stereocenters. The van der Waals surface area contributed by atoms with Crippen LogP contribution in [0.3, 0.4) is 0 Å². The Balaban J connectivity index is 1.82. The van der Waals surface area contributed by atoms with Crippen molar-refractivity contribution in [3.63, 3.8) is 0 Å². The molecular weight excluding hydrogens is 390 g/mol. The third kappa shape index (κ3) is 3.79. The Kier molecular flexibility index (Phi) is 5.40. The van der Waals surface area contributed by atoms with E-state index in [1.807, 2.05) is 19.2 Å². The highest BCUT2D eigenvalue weighted by molar-refractivity contribution is 7.98. The van der Waals surface area contributed by atoms with Gasteiger partial charge in [-0.2, -0.15) is 0 Å². The monoisotopic (exact) mass is 405 g/mol. The lowest BCUT2D eigenvalue weighted by Crippen LogP contribution is -2.12. The molecule has 0 radical (unpaired) electrons. The molecule has 1 N–H and O–H groups in total. The van der Waals surface area contributed by atoms with E-state index in [2.05, 4.69) is 16.4 Å². The minimum absolute atomic E-state index is 0.0747. The van der Waals surface area contributed by atoms with Gasteiger partial charge >= 0.3 is 0 Å². The quantitative estimate of drug-likeness (QED) is 0.350. The first-order chi connectivity index (χ1) is 12.4. The number of nitrogens with one attached hydrogen (secondary N) is 1. The second-order valence-electron chi connectivity index (χ2n) is 5.46. The Bertz CT molecular complexity index is 994. The van der Waals surface area contributed by atoms with Gasteiger partial charge in [-0.3, -0.25) is 20.2 Å². The van der Waals surface area contributed by atoms with E-state index in [4.69, 9.17) is 0 Å². The molecule has 0 aliphatic carbocycles. The van der Waals surface area contributed by atoms with Crippen molar-refractivity contribution < 1.29 is 9.72 Å². The number of aryl methyl sites for hydroxylation is 2. The van der Waals surface area contributed by atoms with Crippen molar-refractivity contribution in [1.82, 2.24) is 4.98 Å². The molecule has 26 heavy (non-hydrogen) atoms. The lowest BCUT2D eigenvalue weighted by atomic mass is 10.2. The number of thiophene rings is 1. The van der Waals surface area contributed by atoms with Crippen molar-refractivity contribution >= 4 is 51.2 Å². The molecule has 6 nitrogen and oxygen atoms in total. The minimum atomic E-state index is -0.480. The summed E-state index contributed by atoms with van der Waals surface area (Å²) in [5, 5.41) is 16.2. The second kappa shape index (κ2) is 7.56. The van der Waals surface area contributed by atoms with Crippen molar-refractivity contribution in [1.29, 1.82) is 0 Å². The molecule has 0 spiro atoms. The van der Waals surface area contributed by atoms with Gasteiger partial charge in [0.25, 0.3) is 11.6 Å². The maximum Gasteiger partial charge on any atom is 0.283 e. The van der Waals surface area contributed by atoms with Gasteiger partial charge in [-0.25, -0.2) is 4.98 Å². The number of aromatic nitrogens is 1. The fraction of sp³-hybridized carbons (Fsp3) is 0.176. The van der Waals surface area contributed by atoms with Gasteiger partial charge in [0.2, 0.25) is 0 Å². The molecule has 1 aromatic carbocycles. The molecule has 0 fully saturated rings. The number of carbonyl (C=O) groups is 1. The van der Waals surface area contributed by atoms with Crippen LogP contribution in [0.1, 0.15) is 20.1 Å². The van der Waals surface area contributed by atoms with Crippen LogP contribution >= 0.6 is 34.4 Å². The number of thiazole rings is 1. The minimum Gasteiger partial charge on any atom is -0.298 e. The van der Waals surface area contributed by atoms with Crippen molar-refractivity contribution in [3.05, 3.63) is 55.1 Å². The molecular formula is C17H15N3O3S3. The number of benzene rings is 1. The Labute approximate surface area is 162 Å². The Morgan fingerprint density at radius 1 is 1.31 bits per heavy atom. The van der Waals surface area contributed by atoms with Crippen LogP contribution in [0.5, 0.6) is 0 Å². The lowest BCUT2D eigenvalue weighted by molar-refractivity contribution is -0.387. The molecule has 3 aromatic rings. The van der Waals surface area contributed by atoms with Crippen molar-refractivity contribution in [3.8, 4) is 11.3 Å². The van der Waals surface area contributed by atoms with Gasteiger partial charge in [0, 0.05) is 32.3 Å². The van der Waals surface area contributed by atoms with E-state index in [0.717, 1.165) is 11.3 Å². The smallest absolute Gasteiger partial charge is 0.283 e. The van der Waals surface area contributed by atoms with Crippen molar-refractivity contribution in [2.45, 2.75) is 18.7 Å². The number of nitro benzene ring substituents is 1. The van der Waals surface area contributed by atoms with Crippen LogP contribution in [0.15, 0.2) is 34.5 Å². The van der Waals surface area contributed by atoms with Crippen LogP contribution in [0, 0.1) is 24.0 Å². The Morgan fingerprint density at radius 3 is 2.69 bits per heavy atom. The molecule has 134 valence electrons. The summed E-state index contributed by atoms with van der Waals surface area (Å²) in [4.78, 5) is 30.5. The van der Waals surface area contributed by atoms with Gasteiger partial charge in [0.1, 0.15) is 0 Å². The number of amides is 1. The fourth-order valence-electron chi connectivity index (χ4n) is 2.48. The van der Waals surface area contributed by atoms with Gasteiger partial charge in [-0.1, -0.05) is 0 Å². The maximum atomic E-state index is 12.4. The number of thioether (sulfide) groups is 1. The molecule has 2 heterocycles. The van der Waals surface area contributed by atoms with E-state index in [0.29, 0.717) is 10.0 Å². The van der Waals surface area contributed by atoms with Crippen LogP contribution in [-0.4, -0.2) is 22.1 Å². The van der Waals surface area contributed by atoms with E-state index in [1.54, 1.807) is 29.7 Å². The highest BCUT2D eigenvalue weighted by Gasteiger charge is 2.18. The molecule has 0 unspecified atom stereocenters. The summed E-state index contributed by atoms with van der Waals surface area (Å²) < 4.78 is 0. The van der Waals surface area contributed by atoms with Crippen LogP contribution in [-0.2, 0) is 0 Å². The van der Waals surface area contributed by atoms with Crippen LogP contribution < -0.4 is 5.32 Å². The zero-order chi connectivity index (χ0) is 18.8. The zero-order valence-corrected chi connectivity index (χ0v) is 16.7. The molecule has 0 aliphatic rings. The fourth-order valence-corrected chi connectivity index (χ4v) is 4.67. The Hall–Kier alpha value is -2.23. The van der Waals surface area contributed by atoms with Crippen molar-refractivity contribution in [2.75, 3.05) is 11.6 Å². The molecule has 3 rings (SSSR count). The average Bonchev–Trinajstić information content (AvgIpc) is 3.19. The van der Waals surface area contributed by atoms with E-state index >= 15 is 0 Å². The third-order valence-corrected chi connectivity index (χ3v) is 6.19. The number of nitro groups is 1. The molecule has 0 saturated heterocycles. The summed E-state index contributed by atoms with van der Waals surface area (Å²) >= 11 is 4.30. The largest absolute Gasteiger partial charge is 0.298 e. The molecule has 9 heteroatoms. The average molecular weight is 406 g/mol. The standard InChI is InChI=1S/C17H15N3O3S3/c1-9-6-12(10(2)26-9)13-8-25-17(18-13)19-16(21)11-4-5-15(24-3)14(7-11)20(22)23/h4-8H,1-3H3,(H,18,19,21). The molecule has 0 bridgehead atoms. The number of hydrogen-bond donors (Lipinski definition) is 1. The summed E-state index contributed by atoms with van der Waals surface area (Å²) in [6.07, 6.45) is 1.76. The van der Waals surface area contributed by atoms with Crippen LogP contribution in [0.25, 0.3) is 11.3 Å². The Morgan fingerprint density at radius 2 is 2.08 bits per heavy atom. The summed E-state index contributed by atoms with van der Waals surface area (Å²) in [6.45, 7) is 4.08. The molecule has 0 saturated carbocycles. The van der Waals surface area contributed by atoms with Gasteiger partial charge in [0.05, 0.1) is 15.5 Å². The van der Waals surface area contributed by atoms with E-state index < -0.39 is 10.8 Å². The molecule has 1 amide bonds. The molecule has 2 aromatic heterocycles. The topological polar surface area (TPSA) is 85.1 Å².